The van der Waals surface area contributed by atoms with E-state index >= 15 is 0 Å². The Hall–Kier alpha value is -2.09. The lowest BCUT2D eigenvalue weighted by molar-refractivity contribution is -0.158. The minimum absolute atomic E-state index is 0.0829. The predicted molar refractivity (Wildman–Crippen MR) is 67.7 cm³/mol. The molecular weight excluding hydrogens is 287 g/mol. The maximum Gasteiger partial charge on any atom is 0.407 e. The molecule has 114 valence electrons. The van der Waals surface area contributed by atoms with Crippen LogP contribution in [0.15, 0.2) is 28.7 Å². The first kappa shape index (κ1) is 15.3. The molecule has 0 saturated carbocycles. The van der Waals surface area contributed by atoms with Crippen molar-refractivity contribution >= 4 is 0 Å². The zero-order valence-corrected chi connectivity index (χ0v) is 11.4. The number of benzene rings is 1. The molecule has 0 radical (unpaired) electrons. The SMILES string of the molecule is COc1ccc(C(NCc2nnc(C)o2)C(F)(F)F)cc1. The number of alkyl halides is 3. The fourth-order valence-corrected chi connectivity index (χ4v) is 1.82. The van der Waals surface area contributed by atoms with Crippen molar-refractivity contribution in [1.82, 2.24) is 15.5 Å². The monoisotopic (exact) mass is 301 g/mol. The number of nitrogens with one attached hydrogen (secondary N) is 1. The van der Waals surface area contributed by atoms with Crippen molar-refractivity contribution in [2.45, 2.75) is 25.7 Å². The molecule has 0 amide bonds. The molecule has 0 aliphatic heterocycles. The van der Waals surface area contributed by atoms with Gasteiger partial charge in [0.1, 0.15) is 11.8 Å². The Balaban J connectivity index is 2.14. The molecule has 2 rings (SSSR count). The third kappa shape index (κ3) is 3.94. The van der Waals surface area contributed by atoms with Crippen molar-refractivity contribution in [3.8, 4) is 5.75 Å². The van der Waals surface area contributed by atoms with E-state index in [1.165, 1.54) is 31.4 Å². The van der Waals surface area contributed by atoms with Gasteiger partial charge in [0.05, 0.1) is 13.7 Å². The molecular formula is C13H14F3N3O2. The van der Waals surface area contributed by atoms with Gasteiger partial charge in [0.15, 0.2) is 0 Å². The number of rotatable bonds is 5. The highest BCUT2D eigenvalue weighted by molar-refractivity contribution is 5.29. The van der Waals surface area contributed by atoms with Crippen LogP contribution in [0.2, 0.25) is 0 Å². The van der Waals surface area contributed by atoms with Crippen LogP contribution >= 0.6 is 0 Å². The molecule has 0 saturated heterocycles. The number of nitrogens with zero attached hydrogens (tertiary/aromatic N) is 2. The second kappa shape index (κ2) is 6.13. The average molecular weight is 301 g/mol. The molecule has 0 fully saturated rings. The smallest absolute Gasteiger partial charge is 0.407 e. The number of hydrogen-bond donors (Lipinski definition) is 1. The van der Waals surface area contributed by atoms with E-state index in [1.54, 1.807) is 6.92 Å². The van der Waals surface area contributed by atoms with Gasteiger partial charge in [0, 0.05) is 6.92 Å². The molecule has 5 nitrogen and oxygen atoms in total. The van der Waals surface area contributed by atoms with Gasteiger partial charge < -0.3 is 9.15 Å². The second-order valence-corrected chi connectivity index (χ2v) is 4.34. The molecule has 0 aliphatic rings. The number of methoxy groups -OCH3 is 1. The van der Waals surface area contributed by atoms with Gasteiger partial charge in [-0.3, -0.25) is 5.32 Å². The molecule has 1 N–H and O–H groups in total. The molecule has 21 heavy (non-hydrogen) atoms. The Labute approximate surface area is 119 Å². The minimum Gasteiger partial charge on any atom is -0.497 e. The highest BCUT2D eigenvalue weighted by atomic mass is 19.4. The van der Waals surface area contributed by atoms with Gasteiger partial charge in [-0.05, 0) is 17.7 Å². The van der Waals surface area contributed by atoms with Gasteiger partial charge in [0.2, 0.25) is 11.8 Å². The van der Waals surface area contributed by atoms with Crippen LogP contribution in [0.3, 0.4) is 0 Å². The van der Waals surface area contributed by atoms with Crippen LogP contribution < -0.4 is 10.1 Å². The van der Waals surface area contributed by atoms with Crippen LogP contribution in [0, 0.1) is 6.92 Å². The molecule has 0 bridgehead atoms. The van der Waals surface area contributed by atoms with E-state index in [1.807, 2.05) is 0 Å². The van der Waals surface area contributed by atoms with E-state index < -0.39 is 12.2 Å². The Bertz CT molecular complexity index is 581. The average Bonchev–Trinajstić information content (AvgIpc) is 2.84. The van der Waals surface area contributed by atoms with Gasteiger partial charge in [-0.2, -0.15) is 13.2 Å². The van der Waals surface area contributed by atoms with E-state index in [4.69, 9.17) is 9.15 Å². The lowest BCUT2D eigenvalue weighted by atomic mass is 10.1. The summed E-state index contributed by atoms with van der Waals surface area (Å²) in [6.07, 6.45) is -4.44. The van der Waals surface area contributed by atoms with Crippen LogP contribution in [0.1, 0.15) is 23.4 Å². The van der Waals surface area contributed by atoms with E-state index in [0.717, 1.165) is 0 Å². The zero-order chi connectivity index (χ0) is 15.5. The maximum atomic E-state index is 13.1. The number of aromatic nitrogens is 2. The number of ether oxygens (including phenoxy) is 1. The molecule has 0 aliphatic carbocycles. The first-order chi connectivity index (χ1) is 9.90. The standard InChI is InChI=1S/C13H14F3N3O2/c1-8-18-19-11(21-8)7-17-12(13(14,15)16)9-3-5-10(20-2)6-4-9/h3-6,12,17H,7H2,1-2H3. The molecule has 1 heterocycles. The largest absolute Gasteiger partial charge is 0.497 e. The second-order valence-electron chi connectivity index (χ2n) is 4.34. The topological polar surface area (TPSA) is 60.2 Å². The van der Waals surface area contributed by atoms with E-state index in [-0.39, 0.29) is 18.0 Å². The van der Waals surface area contributed by atoms with Crippen LogP contribution in [-0.2, 0) is 6.54 Å². The van der Waals surface area contributed by atoms with Gasteiger partial charge in [-0.1, -0.05) is 12.1 Å². The summed E-state index contributed by atoms with van der Waals surface area (Å²) in [5.41, 5.74) is 0.0829. The Morgan fingerprint density at radius 2 is 1.90 bits per heavy atom. The third-order valence-corrected chi connectivity index (χ3v) is 2.80. The normalized spacial score (nSPS) is 13.2. The van der Waals surface area contributed by atoms with Crippen LogP contribution in [-0.4, -0.2) is 23.5 Å². The van der Waals surface area contributed by atoms with Gasteiger partial charge in [-0.25, -0.2) is 0 Å². The Kier molecular flexibility index (Phi) is 4.46. The quantitative estimate of drug-likeness (QED) is 0.920. The Morgan fingerprint density at radius 1 is 1.24 bits per heavy atom. The number of hydrogen-bond acceptors (Lipinski definition) is 5. The highest BCUT2D eigenvalue weighted by Gasteiger charge is 2.40. The lowest BCUT2D eigenvalue weighted by Crippen LogP contribution is -2.33. The lowest BCUT2D eigenvalue weighted by Gasteiger charge is -2.21. The fraction of sp³-hybridized carbons (Fsp3) is 0.385. The van der Waals surface area contributed by atoms with Crippen molar-refractivity contribution in [1.29, 1.82) is 0 Å². The summed E-state index contributed by atoms with van der Waals surface area (Å²) in [6.45, 7) is 1.40. The van der Waals surface area contributed by atoms with Gasteiger partial charge in [-0.15, -0.1) is 10.2 Å². The fourth-order valence-electron chi connectivity index (χ4n) is 1.82. The third-order valence-electron chi connectivity index (χ3n) is 2.80. The first-order valence-corrected chi connectivity index (χ1v) is 6.13. The van der Waals surface area contributed by atoms with Gasteiger partial charge >= 0.3 is 6.18 Å². The van der Waals surface area contributed by atoms with Crippen molar-refractivity contribution in [2.75, 3.05) is 7.11 Å². The molecule has 2 aromatic rings. The number of aryl methyl sites for hydroxylation is 1. The van der Waals surface area contributed by atoms with E-state index in [0.29, 0.717) is 11.6 Å². The molecule has 1 aromatic carbocycles. The minimum atomic E-state index is -4.44. The summed E-state index contributed by atoms with van der Waals surface area (Å²) in [4.78, 5) is 0. The summed E-state index contributed by atoms with van der Waals surface area (Å²) >= 11 is 0. The highest BCUT2D eigenvalue weighted by Crippen LogP contribution is 2.33. The number of halogens is 3. The van der Waals surface area contributed by atoms with Crippen molar-refractivity contribution < 1.29 is 22.3 Å². The molecule has 1 aromatic heterocycles. The summed E-state index contributed by atoms with van der Waals surface area (Å²) in [5.74, 6) is 0.905. The first-order valence-electron chi connectivity index (χ1n) is 6.13. The summed E-state index contributed by atoms with van der Waals surface area (Å²) in [6, 6.07) is 3.86. The van der Waals surface area contributed by atoms with Crippen LogP contribution in [0.5, 0.6) is 5.75 Å². The predicted octanol–water partition coefficient (Wildman–Crippen LogP) is 2.78. The van der Waals surface area contributed by atoms with Crippen LogP contribution in [0.25, 0.3) is 0 Å². The maximum absolute atomic E-state index is 13.1. The zero-order valence-electron chi connectivity index (χ0n) is 11.4. The summed E-state index contributed by atoms with van der Waals surface area (Å²) in [5, 5.41) is 9.60. The molecule has 1 atom stereocenters. The summed E-state index contributed by atoms with van der Waals surface area (Å²) < 4.78 is 49.4. The van der Waals surface area contributed by atoms with Crippen LogP contribution in [0.4, 0.5) is 13.2 Å². The molecule has 0 spiro atoms. The summed E-state index contributed by atoms with van der Waals surface area (Å²) in [7, 11) is 1.45. The Morgan fingerprint density at radius 3 is 2.38 bits per heavy atom. The van der Waals surface area contributed by atoms with Gasteiger partial charge in [0.25, 0.3) is 0 Å². The van der Waals surface area contributed by atoms with E-state index in [2.05, 4.69) is 15.5 Å². The molecule has 1 unspecified atom stereocenters. The molecule has 8 heteroatoms. The van der Waals surface area contributed by atoms with Crippen molar-refractivity contribution in [2.24, 2.45) is 0 Å². The van der Waals surface area contributed by atoms with E-state index in [9.17, 15) is 13.2 Å². The van der Waals surface area contributed by atoms with Crippen molar-refractivity contribution in [3.05, 3.63) is 41.6 Å². The van der Waals surface area contributed by atoms with Crippen molar-refractivity contribution in [3.63, 3.8) is 0 Å².